The Hall–Kier alpha value is -1.10. The first-order chi connectivity index (χ1) is 10.2. The highest BCUT2D eigenvalue weighted by molar-refractivity contribution is 7.85. The Balaban J connectivity index is 1.64. The van der Waals surface area contributed by atoms with Gasteiger partial charge in [0.25, 0.3) is 0 Å². The van der Waals surface area contributed by atoms with Crippen molar-refractivity contribution >= 4 is 16.5 Å². The Morgan fingerprint density at radius 2 is 1.86 bits per heavy atom. The summed E-state index contributed by atoms with van der Waals surface area (Å²) in [6.45, 7) is 1.87. The van der Waals surface area contributed by atoms with Crippen LogP contribution in [0.25, 0.3) is 0 Å². The predicted octanol–water partition coefficient (Wildman–Crippen LogP) is 3.11. The van der Waals surface area contributed by atoms with Gasteiger partial charge >= 0.3 is 0 Å². The number of rotatable bonds is 3. The zero-order chi connectivity index (χ0) is 14.7. The van der Waals surface area contributed by atoms with Gasteiger partial charge in [0.1, 0.15) is 17.7 Å². The standard InChI is InChI=1S/C16H22FNO2S/c17-15-12-14(20-13-6-10-21(19)11-7-13)4-5-16(15)18-8-2-1-3-9-18/h4-5,12-13H,1-3,6-11H2. The minimum Gasteiger partial charge on any atom is -0.490 e. The van der Waals surface area contributed by atoms with Gasteiger partial charge in [-0.1, -0.05) is 0 Å². The monoisotopic (exact) mass is 311 g/mol. The van der Waals surface area contributed by atoms with E-state index in [9.17, 15) is 8.60 Å². The first-order valence-electron chi connectivity index (χ1n) is 7.78. The van der Waals surface area contributed by atoms with Crippen molar-refractivity contribution in [1.82, 2.24) is 0 Å². The minimum atomic E-state index is -0.691. The number of ether oxygens (including phenoxy) is 1. The van der Waals surface area contributed by atoms with Gasteiger partial charge in [-0.3, -0.25) is 4.21 Å². The van der Waals surface area contributed by atoms with E-state index < -0.39 is 10.8 Å². The predicted molar refractivity (Wildman–Crippen MR) is 84.0 cm³/mol. The molecule has 2 fully saturated rings. The van der Waals surface area contributed by atoms with E-state index >= 15 is 0 Å². The molecule has 0 bridgehead atoms. The second-order valence-electron chi connectivity index (χ2n) is 5.83. The van der Waals surface area contributed by atoms with Gasteiger partial charge in [-0.15, -0.1) is 0 Å². The van der Waals surface area contributed by atoms with Crippen LogP contribution in [0.4, 0.5) is 10.1 Å². The maximum Gasteiger partial charge on any atom is 0.150 e. The van der Waals surface area contributed by atoms with E-state index in [2.05, 4.69) is 4.90 Å². The molecule has 0 spiro atoms. The molecular formula is C16H22FNO2S. The largest absolute Gasteiger partial charge is 0.490 e. The van der Waals surface area contributed by atoms with Crippen LogP contribution in [0, 0.1) is 5.82 Å². The lowest BCUT2D eigenvalue weighted by atomic mass is 10.1. The Bertz CT molecular complexity index is 507. The quantitative estimate of drug-likeness (QED) is 0.859. The highest BCUT2D eigenvalue weighted by Crippen LogP contribution is 2.28. The average Bonchev–Trinajstić information content (AvgIpc) is 2.51. The lowest BCUT2D eigenvalue weighted by molar-refractivity contribution is 0.190. The maximum absolute atomic E-state index is 14.3. The highest BCUT2D eigenvalue weighted by Gasteiger charge is 2.20. The number of piperidine rings is 1. The SMILES string of the molecule is O=S1CCC(Oc2ccc(N3CCCCC3)c(F)c2)CC1. The number of anilines is 1. The van der Waals surface area contributed by atoms with Crippen LogP contribution >= 0.6 is 0 Å². The van der Waals surface area contributed by atoms with Crippen LogP contribution in [0.3, 0.4) is 0 Å². The van der Waals surface area contributed by atoms with E-state index in [4.69, 9.17) is 4.74 Å². The molecule has 1 aromatic rings. The van der Waals surface area contributed by atoms with Crippen molar-refractivity contribution in [2.45, 2.75) is 38.2 Å². The molecule has 3 rings (SSSR count). The Morgan fingerprint density at radius 3 is 2.52 bits per heavy atom. The third-order valence-electron chi connectivity index (χ3n) is 4.25. The van der Waals surface area contributed by atoms with Gasteiger partial charge in [0.05, 0.1) is 5.69 Å². The van der Waals surface area contributed by atoms with E-state index in [1.807, 2.05) is 12.1 Å². The van der Waals surface area contributed by atoms with Crippen LogP contribution in [-0.2, 0) is 10.8 Å². The van der Waals surface area contributed by atoms with E-state index in [1.54, 1.807) is 0 Å². The highest BCUT2D eigenvalue weighted by atomic mass is 32.2. The van der Waals surface area contributed by atoms with Gasteiger partial charge in [0.2, 0.25) is 0 Å². The van der Waals surface area contributed by atoms with Crippen LogP contribution < -0.4 is 9.64 Å². The molecule has 1 aromatic carbocycles. The number of hydrogen-bond donors (Lipinski definition) is 0. The number of hydrogen-bond acceptors (Lipinski definition) is 3. The number of benzene rings is 1. The molecule has 0 atom stereocenters. The lowest BCUT2D eigenvalue weighted by Crippen LogP contribution is -2.30. The molecule has 2 aliphatic rings. The zero-order valence-corrected chi connectivity index (χ0v) is 13.0. The molecule has 0 aliphatic carbocycles. The molecule has 2 aliphatic heterocycles. The molecular weight excluding hydrogens is 289 g/mol. The fraction of sp³-hybridized carbons (Fsp3) is 0.625. The van der Waals surface area contributed by atoms with Crippen molar-refractivity contribution in [2.24, 2.45) is 0 Å². The van der Waals surface area contributed by atoms with Crippen molar-refractivity contribution in [3.05, 3.63) is 24.0 Å². The zero-order valence-electron chi connectivity index (χ0n) is 12.2. The van der Waals surface area contributed by atoms with E-state index in [0.29, 0.717) is 22.9 Å². The molecule has 5 heteroatoms. The van der Waals surface area contributed by atoms with Gasteiger partial charge in [-0.2, -0.15) is 0 Å². The first kappa shape index (κ1) is 14.8. The van der Waals surface area contributed by atoms with Crippen molar-refractivity contribution < 1.29 is 13.3 Å². The summed E-state index contributed by atoms with van der Waals surface area (Å²) in [5, 5.41) is 0. The smallest absolute Gasteiger partial charge is 0.150 e. The molecule has 0 radical (unpaired) electrons. The summed E-state index contributed by atoms with van der Waals surface area (Å²) in [6.07, 6.45) is 5.17. The molecule has 2 saturated heterocycles. The van der Waals surface area contributed by atoms with Crippen molar-refractivity contribution in [3.63, 3.8) is 0 Å². The van der Waals surface area contributed by atoms with Crippen LogP contribution in [0.15, 0.2) is 18.2 Å². The maximum atomic E-state index is 14.3. The fourth-order valence-corrected chi connectivity index (χ4v) is 4.29. The lowest BCUT2D eigenvalue weighted by Gasteiger charge is -2.29. The molecule has 2 heterocycles. The summed E-state index contributed by atoms with van der Waals surface area (Å²) in [5.41, 5.74) is 0.687. The molecule has 21 heavy (non-hydrogen) atoms. The van der Waals surface area contributed by atoms with Gasteiger partial charge < -0.3 is 9.64 Å². The van der Waals surface area contributed by atoms with E-state index in [1.165, 1.54) is 12.5 Å². The number of nitrogens with zero attached hydrogens (tertiary/aromatic N) is 1. The molecule has 3 nitrogen and oxygen atoms in total. The normalized spacial score (nSPS) is 26.6. The van der Waals surface area contributed by atoms with E-state index in [-0.39, 0.29) is 11.9 Å². The minimum absolute atomic E-state index is 0.0722. The van der Waals surface area contributed by atoms with Gasteiger partial charge in [0, 0.05) is 41.5 Å². The third kappa shape index (κ3) is 3.76. The van der Waals surface area contributed by atoms with Crippen LogP contribution in [0.5, 0.6) is 5.75 Å². The number of halogens is 1. The fourth-order valence-electron chi connectivity index (χ4n) is 3.03. The second-order valence-corrected chi connectivity index (χ2v) is 7.52. The second kappa shape index (κ2) is 6.77. The van der Waals surface area contributed by atoms with Crippen molar-refractivity contribution in [3.8, 4) is 5.75 Å². The van der Waals surface area contributed by atoms with Crippen LogP contribution in [0.1, 0.15) is 32.1 Å². The molecule has 0 unspecified atom stereocenters. The molecule has 0 amide bonds. The molecule has 116 valence electrons. The van der Waals surface area contributed by atoms with Crippen molar-refractivity contribution in [2.75, 3.05) is 29.5 Å². The summed E-state index contributed by atoms with van der Waals surface area (Å²) in [6, 6.07) is 5.19. The van der Waals surface area contributed by atoms with Crippen molar-refractivity contribution in [1.29, 1.82) is 0 Å². The Morgan fingerprint density at radius 1 is 1.14 bits per heavy atom. The molecule has 0 saturated carbocycles. The van der Waals surface area contributed by atoms with Crippen LogP contribution in [0.2, 0.25) is 0 Å². The molecule has 0 N–H and O–H groups in total. The summed E-state index contributed by atoms with van der Waals surface area (Å²) in [7, 11) is -0.691. The Labute approximate surface area is 127 Å². The summed E-state index contributed by atoms with van der Waals surface area (Å²) in [4.78, 5) is 2.12. The van der Waals surface area contributed by atoms with Gasteiger partial charge in [-0.05, 0) is 44.2 Å². The summed E-state index contributed by atoms with van der Waals surface area (Å²) >= 11 is 0. The van der Waals surface area contributed by atoms with E-state index in [0.717, 1.165) is 38.8 Å². The van der Waals surface area contributed by atoms with Gasteiger partial charge in [-0.25, -0.2) is 4.39 Å². The molecule has 0 aromatic heterocycles. The Kier molecular flexibility index (Phi) is 4.78. The summed E-state index contributed by atoms with van der Waals surface area (Å²) in [5.74, 6) is 1.78. The third-order valence-corrected chi connectivity index (χ3v) is 5.64. The van der Waals surface area contributed by atoms with Gasteiger partial charge in [0.15, 0.2) is 0 Å². The first-order valence-corrected chi connectivity index (χ1v) is 9.27. The topological polar surface area (TPSA) is 29.5 Å². The average molecular weight is 311 g/mol. The van der Waals surface area contributed by atoms with Crippen LogP contribution in [-0.4, -0.2) is 34.9 Å². The summed E-state index contributed by atoms with van der Waals surface area (Å²) < 4.78 is 31.4.